The molecule has 2 aromatic rings. The second kappa shape index (κ2) is 7.42. The molecule has 0 fully saturated rings. The number of nitriles is 1. The quantitative estimate of drug-likeness (QED) is 0.581. The molecule has 0 spiro atoms. The summed E-state index contributed by atoms with van der Waals surface area (Å²) in [6.07, 6.45) is 0. The van der Waals surface area contributed by atoms with Gasteiger partial charge in [0.2, 0.25) is 10.0 Å². The van der Waals surface area contributed by atoms with E-state index in [1.807, 2.05) is 6.07 Å². The number of rotatable bonds is 4. The van der Waals surface area contributed by atoms with Crippen LogP contribution in [0.1, 0.15) is 15.9 Å². The van der Waals surface area contributed by atoms with Crippen molar-refractivity contribution in [1.82, 2.24) is 4.31 Å². The molecule has 0 aliphatic carbocycles. The van der Waals surface area contributed by atoms with Gasteiger partial charge in [-0.2, -0.15) is 5.26 Å². The van der Waals surface area contributed by atoms with Crippen LogP contribution < -0.4 is 4.74 Å². The maximum Gasteiger partial charge on any atom is 0.345 e. The van der Waals surface area contributed by atoms with E-state index in [0.29, 0.717) is 5.56 Å². The Morgan fingerprint density at radius 1 is 1.12 bits per heavy atom. The maximum absolute atomic E-state index is 12.4. The van der Waals surface area contributed by atoms with Gasteiger partial charge in [-0.05, 0) is 36.4 Å². The Morgan fingerprint density at radius 2 is 1.80 bits per heavy atom. The summed E-state index contributed by atoms with van der Waals surface area (Å²) >= 11 is 12.0. The Hall–Kier alpha value is -2.11. The normalized spacial score (nSPS) is 11.2. The number of nitrogens with zero attached hydrogens (tertiary/aromatic N) is 2. The van der Waals surface area contributed by atoms with Crippen molar-refractivity contribution < 1.29 is 17.9 Å². The molecule has 0 heterocycles. The number of carbonyl (C=O) groups excluding carboxylic acids is 1. The van der Waals surface area contributed by atoms with Crippen LogP contribution >= 0.6 is 23.2 Å². The first-order valence-electron chi connectivity index (χ1n) is 6.80. The number of hydrogen-bond acceptors (Lipinski definition) is 5. The molecule has 2 rings (SSSR count). The van der Waals surface area contributed by atoms with Gasteiger partial charge in [0.15, 0.2) is 0 Å². The van der Waals surface area contributed by atoms with Crippen LogP contribution in [0.2, 0.25) is 10.0 Å². The van der Waals surface area contributed by atoms with Gasteiger partial charge in [-0.1, -0.05) is 23.2 Å². The first-order valence-corrected chi connectivity index (χ1v) is 9.00. The number of sulfonamides is 1. The summed E-state index contributed by atoms with van der Waals surface area (Å²) in [4.78, 5) is 12.3. The lowest BCUT2D eigenvalue weighted by Crippen LogP contribution is -2.22. The largest absolute Gasteiger partial charge is 0.421 e. The lowest BCUT2D eigenvalue weighted by molar-refractivity contribution is 0.0735. The molecule has 0 saturated carbocycles. The Bertz CT molecular complexity index is 982. The second-order valence-corrected chi connectivity index (χ2v) is 8.04. The molecule has 0 aliphatic rings. The van der Waals surface area contributed by atoms with E-state index in [1.165, 1.54) is 44.4 Å². The van der Waals surface area contributed by atoms with Crippen molar-refractivity contribution in [3.8, 4) is 11.8 Å². The molecular formula is C16H12Cl2N2O4S. The van der Waals surface area contributed by atoms with Crippen molar-refractivity contribution in [2.75, 3.05) is 14.1 Å². The van der Waals surface area contributed by atoms with Crippen molar-refractivity contribution in [3.63, 3.8) is 0 Å². The lowest BCUT2D eigenvalue weighted by atomic mass is 10.2. The van der Waals surface area contributed by atoms with E-state index in [9.17, 15) is 13.2 Å². The van der Waals surface area contributed by atoms with Crippen LogP contribution in [0.3, 0.4) is 0 Å². The second-order valence-electron chi connectivity index (χ2n) is 5.08. The first-order chi connectivity index (χ1) is 11.7. The van der Waals surface area contributed by atoms with Gasteiger partial charge in [0.1, 0.15) is 5.75 Å². The predicted octanol–water partition coefficient (Wildman–Crippen LogP) is 3.33. The van der Waals surface area contributed by atoms with Crippen LogP contribution in [-0.2, 0) is 10.0 Å². The Kier molecular flexibility index (Phi) is 5.70. The van der Waals surface area contributed by atoms with E-state index in [1.54, 1.807) is 0 Å². The summed E-state index contributed by atoms with van der Waals surface area (Å²) in [5.41, 5.74) is 0.187. The van der Waals surface area contributed by atoms with E-state index >= 15 is 0 Å². The van der Waals surface area contributed by atoms with E-state index < -0.39 is 16.0 Å². The van der Waals surface area contributed by atoms with Crippen molar-refractivity contribution in [1.29, 1.82) is 5.26 Å². The molecule has 0 aromatic heterocycles. The smallest absolute Gasteiger partial charge is 0.345 e. The van der Waals surface area contributed by atoms with Gasteiger partial charge < -0.3 is 4.74 Å². The molecule has 0 radical (unpaired) electrons. The third-order valence-corrected chi connectivity index (χ3v) is 5.64. The highest BCUT2D eigenvalue weighted by molar-refractivity contribution is 7.89. The molecule has 0 saturated heterocycles. The summed E-state index contributed by atoms with van der Waals surface area (Å²) in [7, 11) is -0.988. The molecule has 130 valence electrons. The molecule has 0 aliphatic heterocycles. The monoisotopic (exact) mass is 398 g/mol. The van der Waals surface area contributed by atoms with Crippen LogP contribution in [-0.4, -0.2) is 32.8 Å². The molecule has 6 nitrogen and oxygen atoms in total. The standard InChI is InChI=1S/C16H12Cl2N2O4S/c1-20(2)25(22,23)11-4-5-13(17)12(8-11)16(21)24-15-6-3-10(9-19)7-14(15)18/h3-8H,1-2H3. The van der Waals surface area contributed by atoms with Gasteiger partial charge in [-0.15, -0.1) is 0 Å². The minimum atomic E-state index is -3.73. The number of halogens is 2. The van der Waals surface area contributed by atoms with Crippen LogP contribution in [0.25, 0.3) is 0 Å². The third kappa shape index (κ3) is 4.11. The fourth-order valence-corrected chi connectivity index (χ4v) is 3.18. The number of hydrogen-bond donors (Lipinski definition) is 0. The van der Waals surface area contributed by atoms with Crippen molar-refractivity contribution in [2.24, 2.45) is 0 Å². The van der Waals surface area contributed by atoms with Crippen molar-refractivity contribution in [2.45, 2.75) is 4.90 Å². The van der Waals surface area contributed by atoms with E-state index in [2.05, 4.69) is 0 Å². The number of benzene rings is 2. The highest BCUT2D eigenvalue weighted by Crippen LogP contribution is 2.28. The number of ether oxygens (including phenoxy) is 1. The Morgan fingerprint density at radius 3 is 2.36 bits per heavy atom. The van der Waals surface area contributed by atoms with Crippen molar-refractivity contribution >= 4 is 39.2 Å². The topological polar surface area (TPSA) is 87.5 Å². The zero-order chi connectivity index (χ0) is 18.8. The van der Waals surface area contributed by atoms with Crippen molar-refractivity contribution in [3.05, 3.63) is 57.6 Å². The zero-order valence-electron chi connectivity index (χ0n) is 13.2. The fraction of sp³-hybridized carbons (Fsp3) is 0.125. The SMILES string of the molecule is CN(C)S(=O)(=O)c1ccc(Cl)c(C(=O)Oc2ccc(C#N)cc2Cl)c1. The van der Waals surface area contributed by atoms with Crippen LogP contribution in [0, 0.1) is 11.3 Å². The minimum Gasteiger partial charge on any atom is -0.421 e. The Labute approximate surface area is 155 Å². The van der Waals surface area contributed by atoms with Crippen LogP contribution in [0.4, 0.5) is 0 Å². The van der Waals surface area contributed by atoms with Gasteiger partial charge >= 0.3 is 5.97 Å². The summed E-state index contributed by atoms with van der Waals surface area (Å²) < 4.78 is 30.5. The lowest BCUT2D eigenvalue weighted by Gasteiger charge is -2.13. The van der Waals surface area contributed by atoms with Gasteiger partial charge in [0, 0.05) is 14.1 Å². The number of carbonyl (C=O) groups is 1. The zero-order valence-corrected chi connectivity index (χ0v) is 15.5. The minimum absolute atomic E-state index is 0.0302. The molecule has 0 unspecified atom stereocenters. The molecule has 0 bridgehead atoms. The van der Waals surface area contributed by atoms with E-state index in [4.69, 9.17) is 33.2 Å². The van der Waals surface area contributed by atoms with Crippen LogP contribution in [0.15, 0.2) is 41.3 Å². The third-order valence-electron chi connectivity index (χ3n) is 3.20. The summed E-state index contributed by atoms with van der Waals surface area (Å²) in [6.45, 7) is 0. The maximum atomic E-state index is 12.4. The van der Waals surface area contributed by atoms with Gasteiger partial charge in [-0.3, -0.25) is 0 Å². The molecule has 0 amide bonds. The molecule has 0 N–H and O–H groups in total. The first kappa shape index (κ1) is 19.2. The summed E-state index contributed by atoms with van der Waals surface area (Å²) in [6, 6.07) is 9.79. The van der Waals surface area contributed by atoms with E-state index in [-0.39, 0.29) is 26.3 Å². The molecule has 25 heavy (non-hydrogen) atoms. The predicted molar refractivity (Wildman–Crippen MR) is 93.5 cm³/mol. The van der Waals surface area contributed by atoms with Crippen LogP contribution in [0.5, 0.6) is 5.75 Å². The molecule has 0 atom stereocenters. The molecule has 9 heteroatoms. The Balaban J connectivity index is 2.39. The molecular weight excluding hydrogens is 387 g/mol. The summed E-state index contributed by atoms with van der Waals surface area (Å²) in [5, 5.41) is 8.91. The highest BCUT2D eigenvalue weighted by Gasteiger charge is 2.22. The number of esters is 1. The van der Waals surface area contributed by atoms with Gasteiger partial charge in [-0.25, -0.2) is 17.5 Å². The van der Waals surface area contributed by atoms with E-state index in [0.717, 1.165) is 10.4 Å². The fourth-order valence-electron chi connectivity index (χ4n) is 1.84. The van der Waals surface area contributed by atoms with Gasteiger partial charge in [0.05, 0.1) is 32.1 Å². The highest BCUT2D eigenvalue weighted by atomic mass is 35.5. The van der Waals surface area contributed by atoms with Gasteiger partial charge in [0.25, 0.3) is 0 Å². The average molecular weight is 399 g/mol. The molecule has 2 aromatic carbocycles. The average Bonchev–Trinajstić information content (AvgIpc) is 2.56. The summed E-state index contributed by atoms with van der Waals surface area (Å²) in [5.74, 6) is -0.838.